The van der Waals surface area contributed by atoms with Gasteiger partial charge < -0.3 is 9.64 Å². The first-order valence-electron chi connectivity index (χ1n) is 6.01. The van der Waals surface area contributed by atoms with Crippen LogP contribution in [0, 0.1) is 16.7 Å². The van der Waals surface area contributed by atoms with Gasteiger partial charge in [0, 0.05) is 23.1 Å². The third-order valence-corrected chi connectivity index (χ3v) is 3.84. The van der Waals surface area contributed by atoms with Crippen LogP contribution < -0.4 is 4.74 Å². The van der Waals surface area contributed by atoms with E-state index in [1.54, 1.807) is 7.11 Å². The first-order chi connectivity index (χ1) is 8.58. The number of nitriles is 1. The summed E-state index contributed by atoms with van der Waals surface area (Å²) in [6.07, 6.45) is 2.06. The molecule has 0 unspecified atom stereocenters. The Balaban J connectivity index is 2.04. The molecule has 3 nitrogen and oxygen atoms in total. The molecule has 0 bridgehead atoms. The van der Waals surface area contributed by atoms with Gasteiger partial charge in [-0.25, -0.2) is 0 Å². The number of halogens is 1. The first kappa shape index (κ1) is 13.4. The predicted octanol–water partition coefficient (Wildman–Crippen LogP) is 3.19. The normalized spacial score (nSPS) is 16.4. The zero-order chi connectivity index (χ0) is 13.2. The van der Waals surface area contributed by atoms with E-state index in [0.29, 0.717) is 0 Å². The average Bonchev–Trinajstić information content (AvgIpc) is 3.09. The number of rotatable bonds is 5. The SMILES string of the molecule is COc1ccc(Br)cc1CN(C)CC1(C#N)CC1. The quantitative estimate of drug-likeness (QED) is 0.838. The van der Waals surface area contributed by atoms with Crippen molar-refractivity contribution >= 4 is 15.9 Å². The number of ether oxygens (including phenoxy) is 1. The van der Waals surface area contributed by atoms with Crippen molar-refractivity contribution in [2.45, 2.75) is 19.4 Å². The number of benzene rings is 1. The minimum Gasteiger partial charge on any atom is -0.496 e. The predicted molar refractivity (Wildman–Crippen MR) is 74.3 cm³/mol. The molecule has 0 aromatic heterocycles. The van der Waals surface area contributed by atoms with Gasteiger partial charge in [-0.3, -0.25) is 0 Å². The van der Waals surface area contributed by atoms with Gasteiger partial charge in [0.1, 0.15) is 5.75 Å². The summed E-state index contributed by atoms with van der Waals surface area (Å²) in [7, 11) is 3.74. The van der Waals surface area contributed by atoms with E-state index in [9.17, 15) is 0 Å². The summed E-state index contributed by atoms with van der Waals surface area (Å²) in [5, 5.41) is 9.11. The monoisotopic (exact) mass is 308 g/mol. The molecule has 1 aromatic rings. The van der Waals surface area contributed by atoms with E-state index >= 15 is 0 Å². The molecule has 1 saturated carbocycles. The Kier molecular flexibility index (Phi) is 3.94. The Morgan fingerprint density at radius 1 is 1.50 bits per heavy atom. The fourth-order valence-corrected chi connectivity index (χ4v) is 2.60. The van der Waals surface area contributed by atoms with Crippen LogP contribution in [0.1, 0.15) is 18.4 Å². The molecule has 0 heterocycles. The summed E-state index contributed by atoms with van der Waals surface area (Å²) in [5.74, 6) is 0.895. The molecular formula is C14H17BrN2O. The molecule has 0 aliphatic heterocycles. The number of nitrogens with zero attached hydrogens (tertiary/aromatic N) is 2. The Labute approximate surface area is 116 Å². The zero-order valence-electron chi connectivity index (χ0n) is 10.7. The largest absolute Gasteiger partial charge is 0.496 e. The lowest BCUT2D eigenvalue weighted by Crippen LogP contribution is -2.25. The lowest BCUT2D eigenvalue weighted by molar-refractivity contribution is 0.281. The van der Waals surface area contributed by atoms with Crippen molar-refractivity contribution in [3.05, 3.63) is 28.2 Å². The lowest BCUT2D eigenvalue weighted by atomic mass is 10.1. The van der Waals surface area contributed by atoms with E-state index in [2.05, 4.69) is 40.0 Å². The molecular weight excluding hydrogens is 292 g/mol. The van der Waals surface area contributed by atoms with Crippen LogP contribution in [0.15, 0.2) is 22.7 Å². The Hall–Kier alpha value is -1.05. The van der Waals surface area contributed by atoms with E-state index in [-0.39, 0.29) is 5.41 Å². The first-order valence-corrected chi connectivity index (χ1v) is 6.80. The van der Waals surface area contributed by atoms with Gasteiger partial charge in [0.2, 0.25) is 0 Å². The maximum absolute atomic E-state index is 9.11. The topological polar surface area (TPSA) is 36.3 Å². The number of hydrogen-bond donors (Lipinski definition) is 0. The fraction of sp³-hybridized carbons (Fsp3) is 0.500. The van der Waals surface area contributed by atoms with Crippen LogP contribution in [0.25, 0.3) is 0 Å². The van der Waals surface area contributed by atoms with Crippen molar-refractivity contribution < 1.29 is 4.74 Å². The minimum atomic E-state index is -0.0893. The second kappa shape index (κ2) is 5.29. The highest BCUT2D eigenvalue weighted by Crippen LogP contribution is 2.45. The number of methoxy groups -OCH3 is 1. The van der Waals surface area contributed by atoms with Crippen LogP contribution in [0.4, 0.5) is 0 Å². The van der Waals surface area contributed by atoms with E-state index in [1.165, 1.54) is 0 Å². The van der Waals surface area contributed by atoms with Crippen molar-refractivity contribution in [3.8, 4) is 11.8 Å². The second-order valence-corrected chi connectivity index (χ2v) is 5.94. The molecule has 2 rings (SSSR count). The van der Waals surface area contributed by atoms with E-state index in [4.69, 9.17) is 10.00 Å². The van der Waals surface area contributed by atoms with E-state index < -0.39 is 0 Å². The molecule has 1 fully saturated rings. The fourth-order valence-electron chi connectivity index (χ4n) is 2.19. The molecule has 1 aromatic carbocycles. The summed E-state index contributed by atoms with van der Waals surface area (Å²) < 4.78 is 6.41. The summed E-state index contributed by atoms with van der Waals surface area (Å²) in [6.45, 7) is 1.63. The van der Waals surface area contributed by atoms with E-state index in [1.807, 2.05) is 12.1 Å². The van der Waals surface area contributed by atoms with Crippen molar-refractivity contribution in [1.82, 2.24) is 4.90 Å². The van der Waals surface area contributed by atoms with E-state index in [0.717, 1.165) is 41.7 Å². The van der Waals surface area contributed by atoms with Crippen LogP contribution in [0.5, 0.6) is 5.75 Å². The Morgan fingerprint density at radius 2 is 2.22 bits per heavy atom. The summed E-state index contributed by atoms with van der Waals surface area (Å²) in [4.78, 5) is 2.19. The van der Waals surface area contributed by atoms with Crippen molar-refractivity contribution in [2.75, 3.05) is 20.7 Å². The van der Waals surface area contributed by atoms with Crippen molar-refractivity contribution in [3.63, 3.8) is 0 Å². The lowest BCUT2D eigenvalue weighted by Gasteiger charge is -2.20. The standard InChI is InChI=1S/C14H17BrN2O/c1-17(10-14(9-16)5-6-14)8-11-7-12(15)3-4-13(11)18-2/h3-4,7H,5-6,8,10H2,1-2H3. The van der Waals surface area contributed by atoms with Gasteiger partial charge in [0.15, 0.2) is 0 Å². The van der Waals surface area contributed by atoms with Crippen molar-refractivity contribution in [2.24, 2.45) is 5.41 Å². The van der Waals surface area contributed by atoms with Crippen LogP contribution in [0.2, 0.25) is 0 Å². The maximum Gasteiger partial charge on any atom is 0.123 e. The summed E-state index contributed by atoms with van der Waals surface area (Å²) in [5.41, 5.74) is 1.05. The molecule has 0 spiro atoms. The molecule has 18 heavy (non-hydrogen) atoms. The van der Waals surface area contributed by atoms with Crippen molar-refractivity contribution in [1.29, 1.82) is 5.26 Å². The molecule has 96 valence electrons. The van der Waals surface area contributed by atoms with Crippen LogP contribution in [-0.4, -0.2) is 25.6 Å². The third kappa shape index (κ3) is 3.04. The van der Waals surface area contributed by atoms with Crippen LogP contribution in [-0.2, 0) is 6.54 Å². The van der Waals surface area contributed by atoms with Gasteiger partial charge in [0.05, 0.1) is 18.6 Å². The summed E-state index contributed by atoms with van der Waals surface area (Å²) >= 11 is 3.48. The Bertz CT molecular complexity index is 477. The molecule has 0 amide bonds. The zero-order valence-corrected chi connectivity index (χ0v) is 12.3. The molecule has 1 aliphatic rings. The molecule has 0 N–H and O–H groups in total. The molecule has 1 aliphatic carbocycles. The molecule has 0 saturated heterocycles. The highest BCUT2D eigenvalue weighted by molar-refractivity contribution is 9.10. The third-order valence-electron chi connectivity index (χ3n) is 3.35. The molecule has 0 atom stereocenters. The van der Waals surface area contributed by atoms with Crippen LogP contribution >= 0.6 is 15.9 Å². The summed E-state index contributed by atoms with van der Waals surface area (Å²) in [6, 6.07) is 8.43. The second-order valence-electron chi connectivity index (χ2n) is 5.02. The van der Waals surface area contributed by atoms with Gasteiger partial charge in [-0.15, -0.1) is 0 Å². The molecule has 0 radical (unpaired) electrons. The highest BCUT2D eigenvalue weighted by atomic mass is 79.9. The maximum atomic E-state index is 9.11. The average molecular weight is 309 g/mol. The smallest absolute Gasteiger partial charge is 0.123 e. The Morgan fingerprint density at radius 3 is 2.78 bits per heavy atom. The van der Waals surface area contributed by atoms with Gasteiger partial charge in [0.25, 0.3) is 0 Å². The van der Waals surface area contributed by atoms with Gasteiger partial charge >= 0.3 is 0 Å². The van der Waals surface area contributed by atoms with Crippen LogP contribution in [0.3, 0.4) is 0 Å². The molecule has 4 heteroatoms. The van der Waals surface area contributed by atoms with Gasteiger partial charge in [-0.1, -0.05) is 15.9 Å². The van der Waals surface area contributed by atoms with Gasteiger partial charge in [-0.05, 0) is 38.1 Å². The minimum absolute atomic E-state index is 0.0893. The van der Waals surface area contributed by atoms with Gasteiger partial charge in [-0.2, -0.15) is 5.26 Å². The highest BCUT2D eigenvalue weighted by Gasteiger charge is 2.43. The number of hydrogen-bond acceptors (Lipinski definition) is 3.